The highest BCUT2D eigenvalue weighted by molar-refractivity contribution is 7.17. The van der Waals surface area contributed by atoms with E-state index >= 15 is 0 Å². The zero-order chi connectivity index (χ0) is 20.4. The second-order valence-corrected chi connectivity index (χ2v) is 8.54. The monoisotopic (exact) mass is 411 g/mol. The fourth-order valence-electron chi connectivity index (χ4n) is 4.06. The van der Waals surface area contributed by atoms with Crippen LogP contribution < -0.4 is 11.2 Å². The van der Waals surface area contributed by atoms with E-state index in [1.165, 1.54) is 20.5 Å². The quantitative estimate of drug-likeness (QED) is 0.649. The molecule has 1 saturated heterocycles. The summed E-state index contributed by atoms with van der Waals surface area (Å²) in [5.74, 6) is -0.0555. The molecule has 152 valence electrons. The molecule has 0 spiro atoms. The van der Waals surface area contributed by atoms with E-state index in [0.717, 1.165) is 31.4 Å². The van der Waals surface area contributed by atoms with Crippen LogP contribution >= 0.6 is 11.3 Å². The van der Waals surface area contributed by atoms with Gasteiger partial charge in [-0.3, -0.25) is 18.7 Å². The lowest BCUT2D eigenvalue weighted by Gasteiger charge is -2.33. The number of fused-ring (bicyclic) bond motifs is 1. The van der Waals surface area contributed by atoms with E-state index < -0.39 is 5.69 Å². The third kappa shape index (κ3) is 3.92. The van der Waals surface area contributed by atoms with Gasteiger partial charge in [0.05, 0.1) is 5.52 Å². The van der Waals surface area contributed by atoms with Gasteiger partial charge in [-0.2, -0.15) is 0 Å². The molecular formula is C22H25N3O3S. The zero-order valence-electron chi connectivity index (χ0n) is 16.5. The molecule has 1 fully saturated rings. The molecule has 4 rings (SSSR count). The molecule has 0 N–H and O–H groups in total. The van der Waals surface area contributed by atoms with Crippen molar-refractivity contribution in [2.24, 2.45) is 0 Å². The smallest absolute Gasteiger partial charge is 0.332 e. The molecule has 1 aliphatic heterocycles. The zero-order valence-corrected chi connectivity index (χ0v) is 17.4. The van der Waals surface area contributed by atoms with Gasteiger partial charge in [-0.1, -0.05) is 30.3 Å². The number of nitrogens with zero attached hydrogens (tertiary/aromatic N) is 3. The molecule has 1 aliphatic rings. The Morgan fingerprint density at radius 3 is 2.66 bits per heavy atom. The predicted octanol–water partition coefficient (Wildman–Crippen LogP) is 2.87. The number of aryl methyl sites for hydroxylation is 1. The molecule has 1 atom stereocenters. The van der Waals surface area contributed by atoms with Crippen LogP contribution in [-0.4, -0.2) is 32.5 Å². The molecule has 1 amide bonds. The summed E-state index contributed by atoms with van der Waals surface area (Å²) in [7, 11) is 0. The summed E-state index contributed by atoms with van der Waals surface area (Å²) in [5, 5.41) is 1.80. The van der Waals surface area contributed by atoms with Crippen LogP contribution in [0.2, 0.25) is 0 Å². The van der Waals surface area contributed by atoms with Crippen molar-refractivity contribution in [1.29, 1.82) is 0 Å². The lowest BCUT2D eigenvalue weighted by atomic mass is 10.0. The Labute approximate surface area is 173 Å². The Morgan fingerprint density at radius 2 is 1.90 bits per heavy atom. The minimum Gasteiger partial charge on any atom is -0.338 e. The molecular weight excluding hydrogens is 386 g/mol. The number of amides is 1. The number of thiophene rings is 1. The van der Waals surface area contributed by atoms with E-state index in [1.54, 1.807) is 11.4 Å². The molecule has 7 heteroatoms. The van der Waals surface area contributed by atoms with Gasteiger partial charge < -0.3 is 4.90 Å². The first-order chi connectivity index (χ1) is 14.1. The van der Waals surface area contributed by atoms with Crippen molar-refractivity contribution in [3.05, 3.63) is 68.2 Å². The molecule has 0 radical (unpaired) electrons. The first kappa shape index (κ1) is 19.6. The molecule has 0 aliphatic carbocycles. The van der Waals surface area contributed by atoms with Crippen molar-refractivity contribution in [1.82, 2.24) is 14.0 Å². The minimum atomic E-state index is -0.408. The van der Waals surface area contributed by atoms with Gasteiger partial charge in [0.15, 0.2) is 0 Å². The van der Waals surface area contributed by atoms with E-state index in [4.69, 9.17) is 0 Å². The number of benzene rings is 1. The lowest BCUT2D eigenvalue weighted by molar-refractivity contribution is -0.135. The molecule has 0 bridgehead atoms. The van der Waals surface area contributed by atoms with Crippen LogP contribution in [0.5, 0.6) is 0 Å². The Hall–Kier alpha value is -2.67. The normalized spacial score (nSPS) is 17.0. The van der Waals surface area contributed by atoms with Gasteiger partial charge in [0.2, 0.25) is 5.91 Å². The van der Waals surface area contributed by atoms with Gasteiger partial charge in [0, 0.05) is 19.1 Å². The first-order valence-corrected chi connectivity index (χ1v) is 11.0. The molecule has 0 saturated carbocycles. The van der Waals surface area contributed by atoms with Crippen LogP contribution in [-0.2, 0) is 24.3 Å². The topological polar surface area (TPSA) is 64.3 Å². The first-order valence-electron chi connectivity index (χ1n) is 10.1. The Kier molecular flexibility index (Phi) is 5.67. The van der Waals surface area contributed by atoms with E-state index in [9.17, 15) is 14.4 Å². The highest BCUT2D eigenvalue weighted by atomic mass is 32.1. The predicted molar refractivity (Wildman–Crippen MR) is 116 cm³/mol. The van der Waals surface area contributed by atoms with Crippen LogP contribution in [0.4, 0.5) is 0 Å². The summed E-state index contributed by atoms with van der Waals surface area (Å²) in [6.45, 7) is 3.06. The van der Waals surface area contributed by atoms with E-state index in [2.05, 4.69) is 6.92 Å². The SMILES string of the molecule is CC1CCCCN1C(=O)Cn1c(=O)n(CCc2ccccc2)c(=O)c2sccc21. The summed E-state index contributed by atoms with van der Waals surface area (Å²) in [6, 6.07) is 11.7. The number of carbonyl (C=O) groups excluding carboxylic acids is 1. The van der Waals surface area contributed by atoms with Crippen molar-refractivity contribution < 1.29 is 4.79 Å². The fourth-order valence-corrected chi connectivity index (χ4v) is 4.91. The summed E-state index contributed by atoms with van der Waals surface area (Å²) in [6.07, 6.45) is 3.70. The average Bonchev–Trinajstić information content (AvgIpc) is 3.22. The summed E-state index contributed by atoms with van der Waals surface area (Å²) in [4.78, 5) is 40.9. The largest absolute Gasteiger partial charge is 0.338 e. The standard InChI is InChI=1S/C22H25N3O3S/c1-16-7-5-6-12-23(16)19(26)15-25-18-11-14-29-20(18)21(27)24(22(25)28)13-10-17-8-3-2-4-9-17/h2-4,8-9,11,14,16H,5-7,10,12-13,15H2,1H3. The second-order valence-electron chi connectivity index (χ2n) is 7.63. The number of hydrogen-bond donors (Lipinski definition) is 0. The molecule has 3 aromatic rings. The van der Waals surface area contributed by atoms with Gasteiger partial charge in [-0.15, -0.1) is 11.3 Å². The number of piperidine rings is 1. The molecule has 1 unspecified atom stereocenters. The number of rotatable bonds is 5. The molecule has 29 heavy (non-hydrogen) atoms. The van der Waals surface area contributed by atoms with Gasteiger partial charge in [-0.05, 0) is 49.6 Å². The molecule has 6 nitrogen and oxygen atoms in total. The van der Waals surface area contributed by atoms with Crippen molar-refractivity contribution in [2.45, 2.75) is 51.7 Å². The number of carbonyl (C=O) groups is 1. The molecule has 1 aromatic carbocycles. The van der Waals surface area contributed by atoms with Crippen LogP contribution in [0.1, 0.15) is 31.7 Å². The van der Waals surface area contributed by atoms with Gasteiger partial charge in [0.25, 0.3) is 5.56 Å². The van der Waals surface area contributed by atoms with Crippen LogP contribution in [0, 0.1) is 0 Å². The summed E-state index contributed by atoms with van der Waals surface area (Å²) < 4.78 is 3.28. The third-order valence-electron chi connectivity index (χ3n) is 5.72. The van der Waals surface area contributed by atoms with Gasteiger partial charge >= 0.3 is 5.69 Å². The lowest BCUT2D eigenvalue weighted by Crippen LogP contribution is -2.47. The van der Waals surface area contributed by atoms with Crippen LogP contribution in [0.25, 0.3) is 10.2 Å². The number of hydrogen-bond acceptors (Lipinski definition) is 4. The van der Waals surface area contributed by atoms with E-state index in [0.29, 0.717) is 23.2 Å². The van der Waals surface area contributed by atoms with Crippen molar-refractivity contribution in [3.63, 3.8) is 0 Å². The summed E-state index contributed by atoms with van der Waals surface area (Å²) >= 11 is 1.32. The Bertz CT molecular complexity index is 1130. The number of aromatic nitrogens is 2. The second kappa shape index (κ2) is 8.37. The van der Waals surface area contributed by atoms with Crippen LogP contribution in [0.15, 0.2) is 51.4 Å². The number of likely N-dealkylation sites (tertiary alicyclic amines) is 1. The highest BCUT2D eigenvalue weighted by Gasteiger charge is 2.25. The fraction of sp³-hybridized carbons (Fsp3) is 0.409. The molecule has 3 heterocycles. The third-order valence-corrected chi connectivity index (χ3v) is 6.61. The maximum atomic E-state index is 13.2. The average molecular weight is 412 g/mol. The van der Waals surface area contributed by atoms with Crippen LogP contribution in [0.3, 0.4) is 0 Å². The Morgan fingerprint density at radius 1 is 1.10 bits per heavy atom. The van der Waals surface area contributed by atoms with E-state index in [1.807, 2.05) is 35.2 Å². The van der Waals surface area contributed by atoms with Gasteiger partial charge in [-0.25, -0.2) is 4.79 Å². The summed E-state index contributed by atoms with van der Waals surface area (Å²) in [5.41, 5.74) is 0.939. The minimum absolute atomic E-state index is 0.0258. The van der Waals surface area contributed by atoms with E-state index in [-0.39, 0.29) is 24.1 Å². The highest BCUT2D eigenvalue weighted by Crippen LogP contribution is 2.19. The Balaban J connectivity index is 1.68. The van der Waals surface area contributed by atoms with Crippen molar-refractivity contribution in [2.75, 3.05) is 6.54 Å². The maximum absolute atomic E-state index is 13.2. The molecule has 2 aromatic heterocycles. The van der Waals surface area contributed by atoms with Crippen molar-refractivity contribution in [3.8, 4) is 0 Å². The van der Waals surface area contributed by atoms with Gasteiger partial charge in [0.1, 0.15) is 11.2 Å². The maximum Gasteiger partial charge on any atom is 0.332 e. The van der Waals surface area contributed by atoms with Crippen molar-refractivity contribution >= 4 is 27.5 Å².